The van der Waals surface area contributed by atoms with Gasteiger partial charge in [0.15, 0.2) is 0 Å². The number of carboxylic acids is 1. The van der Waals surface area contributed by atoms with E-state index in [0.29, 0.717) is 118 Å². The Bertz CT molecular complexity index is 757. The van der Waals surface area contributed by atoms with Crippen LogP contribution in [0.1, 0.15) is 25.7 Å². The van der Waals surface area contributed by atoms with Crippen LogP contribution in [0.15, 0.2) is 0 Å². The minimum Gasteiger partial charge on any atom is -0.481 e. The van der Waals surface area contributed by atoms with E-state index in [4.69, 9.17) is 37.9 Å². The number of nitrogens with zero attached hydrogens (tertiary/aromatic N) is 1. The standard InChI is InChI=1S/C28H54N3O11S6/c1-35-9-10-37-13-14-39-17-18-41-21-22-42-20-19-40-16-15-38-12-11-36-8-6-26(32)30-7-4-3-5-25(27(33)34)31-28(29)48-47-24-46-45-23-44-43-2/h25H,3-24H2,1-2H3,(H3-,29,30,31,32,33,34)/q-1/t25-/m0/s1. The van der Waals surface area contributed by atoms with Gasteiger partial charge in [-0.1, -0.05) is 71.2 Å². The summed E-state index contributed by atoms with van der Waals surface area (Å²) in [5, 5.41) is 26.6. The molecule has 0 heterocycles. The monoisotopic (exact) mass is 800 g/mol. The van der Waals surface area contributed by atoms with Crippen molar-refractivity contribution < 1.29 is 52.6 Å². The maximum absolute atomic E-state index is 12.0. The van der Waals surface area contributed by atoms with Crippen LogP contribution in [0.2, 0.25) is 0 Å². The van der Waals surface area contributed by atoms with E-state index in [1.54, 1.807) is 50.3 Å². The van der Waals surface area contributed by atoms with Crippen LogP contribution >= 0.6 is 64.8 Å². The highest BCUT2D eigenvalue weighted by Crippen LogP contribution is 2.36. The smallest absolute Gasteiger partial charge is 0.305 e. The largest absolute Gasteiger partial charge is 0.481 e. The molecule has 0 spiro atoms. The van der Waals surface area contributed by atoms with Gasteiger partial charge in [-0.05, 0) is 24.3 Å². The number of amides is 1. The van der Waals surface area contributed by atoms with Crippen molar-refractivity contribution in [2.45, 2.75) is 31.7 Å². The first-order chi connectivity index (χ1) is 23.5. The van der Waals surface area contributed by atoms with E-state index in [1.807, 2.05) is 6.26 Å². The topological polar surface area (TPSA) is 175 Å². The van der Waals surface area contributed by atoms with Crippen molar-refractivity contribution in [3.63, 3.8) is 0 Å². The third-order valence-corrected chi connectivity index (χ3v) is 13.3. The summed E-state index contributed by atoms with van der Waals surface area (Å²) in [5.41, 5.74) is 0. The molecule has 48 heavy (non-hydrogen) atoms. The number of rotatable bonds is 38. The highest BCUT2D eigenvalue weighted by atomic mass is 33.2. The van der Waals surface area contributed by atoms with Crippen molar-refractivity contribution in [2.75, 3.05) is 129 Å². The minimum atomic E-state index is -1.03. The second kappa shape index (κ2) is 40.0. The first kappa shape index (κ1) is 48.2. The molecule has 0 unspecified atom stereocenters. The molecule has 3 N–H and O–H groups in total. The van der Waals surface area contributed by atoms with Crippen LogP contribution in [0, 0.1) is 0 Å². The molecule has 0 rings (SSSR count). The molecule has 20 heteroatoms. The van der Waals surface area contributed by atoms with E-state index in [1.165, 1.54) is 10.8 Å². The summed E-state index contributed by atoms with van der Waals surface area (Å²) >= 11 is 0. The van der Waals surface area contributed by atoms with Crippen molar-refractivity contribution >= 4 is 81.8 Å². The molecule has 0 aliphatic heterocycles. The molecule has 0 aromatic carbocycles. The zero-order chi connectivity index (χ0) is 35.2. The molecule has 284 valence electrons. The lowest BCUT2D eigenvalue weighted by atomic mass is 10.1. The number of carbonyl (C=O) groups excluding carboxylic acids is 1. The van der Waals surface area contributed by atoms with Crippen LogP contribution < -0.4 is 10.6 Å². The molecule has 14 nitrogen and oxygen atoms in total. The summed E-state index contributed by atoms with van der Waals surface area (Å²) in [7, 11) is 11.1. The Morgan fingerprint density at radius 1 is 0.667 bits per heavy atom. The maximum Gasteiger partial charge on any atom is 0.305 e. The number of carbonyl (C=O) groups is 2. The van der Waals surface area contributed by atoms with Crippen molar-refractivity contribution in [3.05, 3.63) is 5.41 Å². The highest BCUT2D eigenvalue weighted by molar-refractivity contribution is 8.90. The number of hydrogen-bond acceptors (Lipinski definition) is 16. The number of unbranched alkanes of at least 4 members (excludes halogenated alkanes) is 1. The molecule has 0 saturated heterocycles. The average Bonchev–Trinajstić information content (AvgIpc) is 3.07. The molecule has 1 atom stereocenters. The molecule has 0 radical (unpaired) electrons. The highest BCUT2D eigenvalue weighted by Gasteiger charge is 2.13. The van der Waals surface area contributed by atoms with Crippen molar-refractivity contribution in [2.24, 2.45) is 0 Å². The number of aliphatic carboxylic acids is 1. The zero-order valence-corrected chi connectivity index (χ0v) is 33.0. The Balaban J connectivity index is 3.44. The van der Waals surface area contributed by atoms with E-state index < -0.39 is 12.0 Å². The van der Waals surface area contributed by atoms with E-state index >= 15 is 0 Å². The molecule has 0 aliphatic rings. The number of ether oxygens (including phenoxy) is 8. The molecule has 1 amide bonds. The molecule has 0 saturated carbocycles. The quantitative estimate of drug-likeness (QED) is 0.0268. The molecular formula is C28H54N3O11S6-. The van der Waals surface area contributed by atoms with Gasteiger partial charge < -0.3 is 59.0 Å². The lowest BCUT2D eigenvalue weighted by molar-refractivity contribution is -0.139. The third-order valence-electron chi connectivity index (χ3n) is 5.51. The Labute approximate surface area is 309 Å². The molecule has 0 bridgehead atoms. The number of nitrogens with one attached hydrogen (secondary N) is 2. The van der Waals surface area contributed by atoms with Gasteiger partial charge in [0.25, 0.3) is 0 Å². The fourth-order valence-electron chi connectivity index (χ4n) is 3.18. The molecular weight excluding hydrogens is 747 g/mol. The fourth-order valence-corrected chi connectivity index (χ4v) is 10.8. The second-order valence-electron chi connectivity index (χ2n) is 9.17. The lowest BCUT2D eigenvalue weighted by Gasteiger charge is -2.22. The summed E-state index contributed by atoms with van der Waals surface area (Å²) in [6, 6.07) is -0.888. The normalized spacial score (nSPS) is 11.9. The van der Waals surface area contributed by atoms with Gasteiger partial charge in [0.1, 0.15) is 0 Å². The Morgan fingerprint density at radius 2 is 1.12 bits per heavy atom. The van der Waals surface area contributed by atoms with E-state index in [-0.39, 0.29) is 24.1 Å². The predicted octanol–water partition coefficient (Wildman–Crippen LogP) is 4.08. The minimum absolute atomic E-state index is 0.113. The number of methoxy groups -OCH3 is 1. The second-order valence-corrected chi connectivity index (χ2v) is 17.2. The van der Waals surface area contributed by atoms with Gasteiger partial charge in [-0.15, -0.1) is 0 Å². The summed E-state index contributed by atoms with van der Waals surface area (Å²) in [4.78, 5) is 23.5. The van der Waals surface area contributed by atoms with Gasteiger partial charge in [0, 0.05) is 20.1 Å². The van der Waals surface area contributed by atoms with Crippen LogP contribution in [-0.2, 0) is 47.5 Å². The van der Waals surface area contributed by atoms with Gasteiger partial charge in [0.05, 0.1) is 115 Å². The summed E-state index contributed by atoms with van der Waals surface area (Å²) in [5.74, 6) is -1.15. The van der Waals surface area contributed by atoms with Gasteiger partial charge >= 0.3 is 5.97 Å². The summed E-state index contributed by atoms with van der Waals surface area (Å²) in [6.45, 7) is 7.57. The number of amidine groups is 1. The summed E-state index contributed by atoms with van der Waals surface area (Å²) in [6.07, 6.45) is 3.81. The van der Waals surface area contributed by atoms with Crippen LogP contribution in [0.3, 0.4) is 0 Å². The van der Waals surface area contributed by atoms with Gasteiger partial charge in [0.2, 0.25) is 5.91 Å². The van der Waals surface area contributed by atoms with Crippen molar-refractivity contribution in [1.82, 2.24) is 10.6 Å². The zero-order valence-electron chi connectivity index (χ0n) is 28.1. The fraction of sp³-hybridized carbons (Fsp3) is 0.893. The molecule has 0 fully saturated rings. The Hall–Kier alpha value is 0.190. The van der Waals surface area contributed by atoms with Gasteiger partial charge in [-0.25, -0.2) is 0 Å². The molecule has 0 aromatic rings. The van der Waals surface area contributed by atoms with E-state index in [9.17, 15) is 20.1 Å². The average molecular weight is 801 g/mol. The first-order valence-electron chi connectivity index (χ1n) is 15.6. The number of hydrogen-bond donors (Lipinski definition) is 3. The van der Waals surface area contributed by atoms with E-state index in [0.717, 1.165) is 21.0 Å². The predicted molar refractivity (Wildman–Crippen MR) is 203 cm³/mol. The molecule has 0 aromatic heterocycles. The van der Waals surface area contributed by atoms with Gasteiger partial charge in [-0.3, -0.25) is 9.59 Å². The van der Waals surface area contributed by atoms with Gasteiger partial charge in [-0.2, -0.15) is 0 Å². The van der Waals surface area contributed by atoms with Crippen molar-refractivity contribution in [1.29, 1.82) is 0 Å². The Morgan fingerprint density at radius 3 is 1.58 bits per heavy atom. The number of carboxylic acid groups (broad SMARTS) is 1. The van der Waals surface area contributed by atoms with E-state index in [2.05, 4.69) is 10.6 Å². The van der Waals surface area contributed by atoms with Crippen LogP contribution in [0.5, 0.6) is 0 Å². The van der Waals surface area contributed by atoms with Crippen molar-refractivity contribution in [3.8, 4) is 0 Å². The lowest BCUT2D eigenvalue weighted by Crippen LogP contribution is -2.39. The van der Waals surface area contributed by atoms with Crippen LogP contribution in [0.25, 0.3) is 5.41 Å². The SMILES string of the molecule is COCCOCCOCCOCCOCCOCCOCCOCCC(=O)NCCCC[C@H](NC(=[N-])SSCSSCSSC)C(=O)O. The molecule has 0 aliphatic carbocycles. The summed E-state index contributed by atoms with van der Waals surface area (Å²) < 4.78 is 42.8. The first-order valence-corrected chi connectivity index (χ1v) is 23.1. The van der Waals surface area contributed by atoms with Crippen LogP contribution in [0.4, 0.5) is 0 Å². The third kappa shape index (κ3) is 37.4. The Kier molecular flexibility index (Phi) is 40.1. The maximum atomic E-state index is 12.0. The van der Waals surface area contributed by atoms with Crippen LogP contribution in [-0.4, -0.2) is 157 Å².